The molecule has 14 heteroatoms. The van der Waals surface area contributed by atoms with Crippen LogP contribution in [0, 0.1) is 11.8 Å². The van der Waals surface area contributed by atoms with Gasteiger partial charge in [0.05, 0.1) is 6.04 Å². The van der Waals surface area contributed by atoms with Gasteiger partial charge in [0, 0.05) is 13.0 Å². The Morgan fingerprint density at radius 2 is 1.42 bits per heavy atom. The van der Waals surface area contributed by atoms with Crippen molar-refractivity contribution >= 4 is 35.6 Å². The SMILES string of the molecule is CC(C)CC(NC(=O)C(NC(=O)C(N)CCC(=O)O)C(C)C)C(=O)NC(CCCN=C(N)N)C(=O)O. The molecule has 0 aliphatic rings. The summed E-state index contributed by atoms with van der Waals surface area (Å²) < 4.78 is 0. The molecule has 0 aliphatic heterocycles. The second-order valence-corrected chi connectivity index (χ2v) is 9.31. The van der Waals surface area contributed by atoms with Gasteiger partial charge in [0.2, 0.25) is 17.7 Å². The molecule has 0 aromatic carbocycles. The number of hydrogen-bond acceptors (Lipinski definition) is 7. The Hall–Kier alpha value is -3.42. The average Bonchev–Trinajstić information content (AvgIpc) is 2.75. The van der Waals surface area contributed by atoms with Crippen molar-refractivity contribution in [3.05, 3.63) is 0 Å². The van der Waals surface area contributed by atoms with E-state index in [0.29, 0.717) is 6.42 Å². The summed E-state index contributed by atoms with van der Waals surface area (Å²) in [6.45, 7) is 7.22. The van der Waals surface area contributed by atoms with Gasteiger partial charge in [-0.15, -0.1) is 0 Å². The first-order chi connectivity index (χ1) is 16.6. The summed E-state index contributed by atoms with van der Waals surface area (Å²) in [5.41, 5.74) is 16.2. The molecule has 206 valence electrons. The maximum absolute atomic E-state index is 13.0. The van der Waals surface area contributed by atoms with Crippen molar-refractivity contribution in [3.8, 4) is 0 Å². The second kappa shape index (κ2) is 16.3. The van der Waals surface area contributed by atoms with Gasteiger partial charge >= 0.3 is 11.9 Å². The van der Waals surface area contributed by atoms with Gasteiger partial charge in [-0.25, -0.2) is 4.79 Å². The monoisotopic (exact) mass is 515 g/mol. The van der Waals surface area contributed by atoms with E-state index in [1.54, 1.807) is 13.8 Å². The number of amides is 3. The lowest BCUT2D eigenvalue weighted by atomic mass is 9.99. The molecule has 11 N–H and O–H groups in total. The molecule has 0 saturated heterocycles. The molecule has 0 radical (unpaired) electrons. The van der Waals surface area contributed by atoms with Crippen molar-refractivity contribution < 1.29 is 34.2 Å². The van der Waals surface area contributed by atoms with E-state index in [0.717, 1.165) is 0 Å². The molecule has 0 aromatic heterocycles. The Balaban J connectivity index is 5.38. The molecule has 0 bridgehead atoms. The van der Waals surface area contributed by atoms with Gasteiger partial charge in [-0.2, -0.15) is 0 Å². The van der Waals surface area contributed by atoms with E-state index in [1.807, 2.05) is 13.8 Å². The van der Waals surface area contributed by atoms with Crippen LogP contribution in [-0.4, -0.2) is 76.5 Å². The number of carboxylic acids is 2. The molecule has 3 amide bonds. The standard InChI is InChI=1S/C22H41N7O7/c1-11(2)10-15(19(33)27-14(21(35)36)6-5-9-26-22(24)25)28-20(34)17(12(3)4)29-18(32)13(23)7-8-16(30)31/h11-15,17H,5-10,23H2,1-4H3,(H,27,33)(H,28,34)(H,29,32)(H,30,31)(H,35,36)(H4,24,25,26). The lowest BCUT2D eigenvalue weighted by Gasteiger charge is -2.27. The summed E-state index contributed by atoms with van der Waals surface area (Å²) in [6, 6.07) is -4.45. The fourth-order valence-corrected chi connectivity index (χ4v) is 3.20. The Bertz CT molecular complexity index is 798. The summed E-state index contributed by atoms with van der Waals surface area (Å²) in [5, 5.41) is 25.8. The third kappa shape index (κ3) is 13.5. The van der Waals surface area contributed by atoms with Gasteiger partial charge in [-0.3, -0.25) is 24.2 Å². The van der Waals surface area contributed by atoms with Crippen molar-refractivity contribution in [2.45, 2.75) is 84.0 Å². The first-order valence-electron chi connectivity index (χ1n) is 11.8. The number of nitrogens with two attached hydrogens (primary N) is 3. The van der Waals surface area contributed by atoms with E-state index >= 15 is 0 Å². The van der Waals surface area contributed by atoms with Crippen molar-refractivity contribution in [2.75, 3.05) is 6.54 Å². The van der Waals surface area contributed by atoms with Crippen LogP contribution in [0.5, 0.6) is 0 Å². The number of aliphatic carboxylic acids is 2. The minimum Gasteiger partial charge on any atom is -0.481 e. The number of nitrogens with zero attached hydrogens (tertiary/aromatic N) is 1. The summed E-state index contributed by atoms with van der Waals surface area (Å²) in [4.78, 5) is 64.4. The first-order valence-corrected chi connectivity index (χ1v) is 11.8. The number of carboxylic acid groups (broad SMARTS) is 2. The Morgan fingerprint density at radius 1 is 0.833 bits per heavy atom. The summed E-state index contributed by atoms with van der Waals surface area (Å²) in [7, 11) is 0. The number of carbonyl (C=O) groups excluding carboxylic acids is 3. The minimum atomic E-state index is -1.25. The van der Waals surface area contributed by atoms with Crippen molar-refractivity contribution in [2.24, 2.45) is 34.0 Å². The molecule has 0 fully saturated rings. The van der Waals surface area contributed by atoms with Crippen molar-refractivity contribution in [3.63, 3.8) is 0 Å². The Labute approximate surface area is 210 Å². The predicted octanol–water partition coefficient (Wildman–Crippen LogP) is -1.53. The van der Waals surface area contributed by atoms with Gasteiger partial charge in [-0.05, 0) is 37.5 Å². The summed E-state index contributed by atoms with van der Waals surface area (Å²) >= 11 is 0. The van der Waals surface area contributed by atoms with E-state index in [1.165, 1.54) is 0 Å². The van der Waals surface area contributed by atoms with E-state index in [-0.39, 0.29) is 50.0 Å². The van der Waals surface area contributed by atoms with E-state index in [9.17, 15) is 29.1 Å². The third-order valence-corrected chi connectivity index (χ3v) is 5.15. The fraction of sp³-hybridized carbons (Fsp3) is 0.727. The summed E-state index contributed by atoms with van der Waals surface area (Å²) in [6.07, 6.45) is 0.181. The van der Waals surface area contributed by atoms with Crippen LogP contribution < -0.4 is 33.2 Å². The molecule has 0 saturated carbocycles. The summed E-state index contributed by atoms with van der Waals surface area (Å²) in [5.74, 6) is -4.90. The Morgan fingerprint density at radius 3 is 1.89 bits per heavy atom. The Kier molecular flexibility index (Phi) is 14.7. The van der Waals surface area contributed by atoms with Gasteiger partial charge in [0.1, 0.15) is 18.1 Å². The van der Waals surface area contributed by atoms with Gasteiger partial charge in [-0.1, -0.05) is 27.7 Å². The zero-order chi connectivity index (χ0) is 28.0. The molecule has 14 nitrogen and oxygen atoms in total. The number of aliphatic imine (C=N–C) groups is 1. The van der Waals surface area contributed by atoms with Crippen LogP contribution >= 0.6 is 0 Å². The smallest absolute Gasteiger partial charge is 0.326 e. The zero-order valence-electron chi connectivity index (χ0n) is 21.3. The van der Waals surface area contributed by atoms with E-state index in [4.69, 9.17) is 22.3 Å². The van der Waals surface area contributed by atoms with Crippen LogP contribution in [0.2, 0.25) is 0 Å². The van der Waals surface area contributed by atoms with Crippen LogP contribution in [0.25, 0.3) is 0 Å². The molecule has 0 spiro atoms. The highest BCUT2D eigenvalue weighted by Gasteiger charge is 2.32. The lowest BCUT2D eigenvalue weighted by Crippen LogP contribution is -2.58. The molecular weight excluding hydrogens is 474 g/mol. The average molecular weight is 516 g/mol. The highest BCUT2D eigenvalue weighted by atomic mass is 16.4. The number of rotatable bonds is 17. The molecule has 36 heavy (non-hydrogen) atoms. The fourth-order valence-electron chi connectivity index (χ4n) is 3.20. The number of hydrogen-bond donors (Lipinski definition) is 8. The maximum atomic E-state index is 13.0. The molecule has 0 rings (SSSR count). The van der Waals surface area contributed by atoms with Crippen molar-refractivity contribution in [1.82, 2.24) is 16.0 Å². The molecule has 0 heterocycles. The number of guanidine groups is 1. The van der Waals surface area contributed by atoms with E-state index < -0.39 is 53.8 Å². The van der Waals surface area contributed by atoms with Crippen LogP contribution in [0.4, 0.5) is 0 Å². The number of carbonyl (C=O) groups is 5. The van der Waals surface area contributed by atoms with Crippen LogP contribution in [-0.2, 0) is 24.0 Å². The van der Waals surface area contributed by atoms with E-state index in [2.05, 4.69) is 20.9 Å². The predicted molar refractivity (Wildman–Crippen MR) is 132 cm³/mol. The highest BCUT2D eigenvalue weighted by molar-refractivity contribution is 5.94. The van der Waals surface area contributed by atoms with Crippen LogP contribution in [0.1, 0.15) is 59.8 Å². The molecule has 0 aromatic rings. The minimum absolute atomic E-state index is 0.0253. The normalized spacial score (nSPS) is 14.3. The maximum Gasteiger partial charge on any atom is 0.326 e. The largest absolute Gasteiger partial charge is 0.481 e. The molecular formula is C22H41N7O7. The van der Waals surface area contributed by atoms with Crippen LogP contribution in [0.3, 0.4) is 0 Å². The van der Waals surface area contributed by atoms with Gasteiger partial charge in [0.25, 0.3) is 0 Å². The van der Waals surface area contributed by atoms with Gasteiger partial charge < -0.3 is 43.4 Å². The zero-order valence-corrected chi connectivity index (χ0v) is 21.3. The number of nitrogens with one attached hydrogen (secondary N) is 3. The third-order valence-electron chi connectivity index (χ3n) is 5.15. The quantitative estimate of drug-likeness (QED) is 0.0630. The molecule has 4 atom stereocenters. The van der Waals surface area contributed by atoms with Crippen LogP contribution in [0.15, 0.2) is 4.99 Å². The second-order valence-electron chi connectivity index (χ2n) is 9.31. The van der Waals surface area contributed by atoms with Crippen molar-refractivity contribution in [1.29, 1.82) is 0 Å². The first kappa shape index (κ1) is 32.6. The highest BCUT2D eigenvalue weighted by Crippen LogP contribution is 2.10. The molecule has 4 unspecified atom stereocenters. The lowest BCUT2D eigenvalue weighted by molar-refractivity contribution is -0.142. The van der Waals surface area contributed by atoms with Gasteiger partial charge in [0.15, 0.2) is 5.96 Å². The topological polar surface area (TPSA) is 252 Å². The molecule has 0 aliphatic carbocycles.